The molecule has 0 aliphatic carbocycles. The van der Waals surface area contributed by atoms with Crippen molar-refractivity contribution >= 4 is 20.1 Å². The summed E-state index contributed by atoms with van der Waals surface area (Å²) in [4.78, 5) is 0.0403. The van der Waals surface area contributed by atoms with Crippen molar-refractivity contribution in [1.29, 1.82) is 0 Å². The van der Waals surface area contributed by atoms with Gasteiger partial charge < -0.3 is 0 Å². The van der Waals surface area contributed by atoms with Crippen LogP contribution in [-0.2, 0) is 24.3 Å². The van der Waals surface area contributed by atoms with Crippen LogP contribution >= 0.6 is 0 Å². The average molecular weight is 339 g/mol. The van der Waals surface area contributed by atoms with Gasteiger partial charge in [-0.2, -0.15) is 13.1 Å². The van der Waals surface area contributed by atoms with E-state index in [0.29, 0.717) is 5.56 Å². The summed E-state index contributed by atoms with van der Waals surface area (Å²) in [6.45, 7) is 1.64. The highest BCUT2D eigenvalue weighted by Gasteiger charge is 2.37. The van der Waals surface area contributed by atoms with Gasteiger partial charge >= 0.3 is 0 Å². The minimum atomic E-state index is -4.09. The normalized spacial score (nSPS) is 19.8. The third-order valence-corrected chi connectivity index (χ3v) is 6.26. The number of hydrogen-bond donors (Lipinski definition) is 1. The SMILES string of the molecule is Cc1ccccc1S(=O)(=O)O[C@H]1NS(=O)(=O)c2ccccc21. The first-order valence-corrected chi connectivity index (χ1v) is 9.30. The monoisotopic (exact) mass is 339 g/mol. The van der Waals surface area contributed by atoms with Gasteiger partial charge in [-0.25, -0.2) is 12.6 Å². The molecule has 1 aliphatic heterocycles. The van der Waals surface area contributed by atoms with Crippen LogP contribution in [0, 0.1) is 6.92 Å². The molecular formula is C14H13NO5S2. The van der Waals surface area contributed by atoms with Gasteiger partial charge in [0, 0.05) is 5.56 Å². The van der Waals surface area contributed by atoms with Crippen molar-refractivity contribution in [3.05, 3.63) is 59.7 Å². The van der Waals surface area contributed by atoms with Gasteiger partial charge in [-0.3, -0.25) is 0 Å². The quantitative estimate of drug-likeness (QED) is 0.860. The predicted octanol–water partition coefficient (Wildman–Crippen LogP) is 1.69. The highest BCUT2D eigenvalue weighted by atomic mass is 32.2. The molecule has 0 fully saturated rings. The molecule has 2 aromatic carbocycles. The lowest BCUT2D eigenvalue weighted by atomic mass is 10.2. The molecule has 0 bridgehead atoms. The molecule has 0 radical (unpaired) electrons. The fourth-order valence-electron chi connectivity index (χ4n) is 2.30. The van der Waals surface area contributed by atoms with E-state index in [1.54, 1.807) is 37.3 Å². The van der Waals surface area contributed by atoms with E-state index < -0.39 is 26.4 Å². The van der Waals surface area contributed by atoms with E-state index in [-0.39, 0.29) is 15.4 Å². The van der Waals surface area contributed by atoms with Gasteiger partial charge in [-0.05, 0) is 24.6 Å². The number of fused-ring (bicyclic) bond motifs is 1. The highest BCUT2D eigenvalue weighted by molar-refractivity contribution is 7.90. The van der Waals surface area contributed by atoms with E-state index in [0.717, 1.165) is 0 Å². The summed E-state index contributed by atoms with van der Waals surface area (Å²) >= 11 is 0. The molecule has 0 saturated heterocycles. The van der Waals surface area contributed by atoms with Gasteiger partial charge in [0.05, 0.1) is 9.79 Å². The van der Waals surface area contributed by atoms with E-state index in [4.69, 9.17) is 4.18 Å². The molecule has 1 N–H and O–H groups in total. The zero-order chi connectivity index (χ0) is 16.0. The summed E-state index contributed by atoms with van der Waals surface area (Å²) < 4.78 is 56.0. The molecule has 1 aliphatic rings. The molecule has 3 rings (SSSR count). The lowest BCUT2D eigenvalue weighted by Crippen LogP contribution is -2.24. The summed E-state index contributed by atoms with van der Waals surface area (Å²) in [6, 6.07) is 12.5. The lowest BCUT2D eigenvalue weighted by molar-refractivity contribution is 0.206. The first-order valence-electron chi connectivity index (χ1n) is 6.41. The van der Waals surface area contributed by atoms with Crippen molar-refractivity contribution in [2.24, 2.45) is 0 Å². The van der Waals surface area contributed by atoms with Gasteiger partial charge in [-0.15, -0.1) is 0 Å². The zero-order valence-corrected chi connectivity index (χ0v) is 13.2. The molecule has 0 aromatic heterocycles. The van der Waals surface area contributed by atoms with Crippen molar-refractivity contribution in [1.82, 2.24) is 4.72 Å². The summed E-state index contributed by atoms with van der Waals surface area (Å²) in [5.41, 5.74) is 0.802. The van der Waals surface area contributed by atoms with Gasteiger partial charge in [0.15, 0.2) is 6.23 Å². The molecule has 6 nitrogen and oxygen atoms in total. The molecule has 0 amide bonds. The summed E-state index contributed by atoms with van der Waals surface area (Å²) in [6.07, 6.45) is -1.26. The lowest BCUT2D eigenvalue weighted by Gasteiger charge is -2.13. The summed E-state index contributed by atoms with van der Waals surface area (Å²) in [5, 5.41) is 0. The Hall–Kier alpha value is -1.74. The summed E-state index contributed by atoms with van der Waals surface area (Å²) in [5.74, 6) is 0. The first kappa shape index (κ1) is 15.2. The number of nitrogens with one attached hydrogen (secondary N) is 1. The standard InChI is InChI=1S/C14H13NO5S2/c1-10-6-2-4-8-12(10)22(18,19)20-14-11-7-3-5-9-13(11)21(16,17)15-14/h2-9,14-15H,1H3/t14-/m1/s1. The van der Waals surface area contributed by atoms with E-state index >= 15 is 0 Å². The van der Waals surface area contributed by atoms with Crippen LogP contribution in [0.3, 0.4) is 0 Å². The second-order valence-electron chi connectivity index (χ2n) is 4.86. The van der Waals surface area contributed by atoms with Crippen molar-refractivity contribution < 1.29 is 21.0 Å². The Morgan fingerprint density at radius 3 is 2.41 bits per heavy atom. The predicted molar refractivity (Wildman–Crippen MR) is 79.0 cm³/mol. The maximum absolute atomic E-state index is 12.4. The molecule has 0 saturated carbocycles. The zero-order valence-electron chi connectivity index (χ0n) is 11.6. The number of hydrogen-bond acceptors (Lipinski definition) is 5. The molecule has 0 spiro atoms. The van der Waals surface area contributed by atoms with Crippen LogP contribution in [0.15, 0.2) is 58.3 Å². The maximum atomic E-state index is 12.4. The Morgan fingerprint density at radius 1 is 1.05 bits per heavy atom. The van der Waals surface area contributed by atoms with Crippen molar-refractivity contribution in [3.63, 3.8) is 0 Å². The molecule has 8 heteroatoms. The van der Waals surface area contributed by atoms with Crippen molar-refractivity contribution in [2.45, 2.75) is 22.9 Å². The second kappa shape index (κ2) is 5.17. The van der Waals surface area contributed by atoms with Crippen LogP contribution in [0.25, 0.3) is 0 Å². The van der Waals surface area contributed by atoms with Crippen LogP contribution in [0.2, 0.25) is 0 Å². The van der Waals surface area contributed by atoms with Crippen LogP contribution < -0.4 is 4.72 Å². The fraction of sp³-hybridized carbons (Fsp3) is 0.143. The number of benzene rings is 2. The van der Waals surface area contributed by atoms with Gasteiger partial charge in [-0.1, -0.05) is 36.4 Å². The van der Waals surface area contributed by atoms with E-state index in [2.05, 4.69) is 4.72 Å². The van der Waals surface area contributed by atoms with Gasteiger partial charge in [0.1, 0.15) is 0 Å². The summed E-state index contributed by atoms with van der Waals surface area (Å²) in [7, 11) is -7.85. The molecule has 1 heterocycles. The van der Waals surface area contributed by atoms with E-state index in [9.17, 15) is 16.8 Å². The molecule has 2 aromatic rings. The Morgan fingerprint density at radius 2 is 1.68 bits per heavy atom. The molecule has 116 valence electrons. The largest absolute Gasteiger partial charge is 0.299 e. The average Bonchev–Trinajstić information content (AvgIpc) is 2.70. The van der Waals surface area contributed by atoms with Crippen molar-refractivity contribution in [3.8, 4) is 0 Å². The second-order valence-corrected chi connectivity index (χ2v) is 8.08. The molecule has 22 heavy (non-hydrogen) atoms. The minimum absolute atomic E-state index is 0.0126. The Kier molecular flexibility index (Phi) is 3.56. The van der Waals surface area contributed by atoms with Crippen LogP contribution in [0.1, 0.15) is 17.4 Å². The number of sulfonamides is 1. The van der Waals surface area contributed by atoms with E-state index in [1.807, 2.05) is 0 Å². The fourth-order valence-corrected chi connectivity index (χ4v) is 4.90. The third kappa shape index (κ3) is 2.54. The smallest absolute Gasteiger partial charge is 0.241 e. The van der Waals surface area contributed by atoms with Crippen LogP contribution in [0.5, 0.6) is 0 Å². The first-order chi connectivity index (χ1) is 10.3. The number of aryl methyl sites for hydroxylation is 1. The van der Waals surface area contributed by atoms with Crippen molar-refractivity contribution in [2.75, 3.05) is 0 Å². The molecule has 0 unspecified atom stereocenters. The highest BCUT2D eigenvalue weighted by Crippen LogP contribution is 2.33. The Bertz CT molecular complexity index is 935. The molecular weight excluding hydrogens is 326 g/mol. The van der Waals surface area contributed by atoms with Gasteiger partial charge in [0.2, 0.25) is 10.0 Å². The maximum Gasteiger partial charge on any atom is 0.299 e. The topological polar surface area (TPSA) is 89.5 Å². The Balaban J connectivity index is 2.00. The van der Waals surface area contributed by atoms with Gasteiger partial charge in [0.25, 0.3) is 10.1 Å². The Labute approximate surface area is 128 Å². The van der Waals surface area contributed by atoms with Crippen LogP contribution in [-0.4, -0.2) is 16.8 Å². The van der Waals surface area contributed by atoms with E-state index in [1.165, 1.54) is 18.2 Å². The third-order valence-electron chi connectivity index (χ3n) is 3.34. The molecule has 1 atom stereocenters. The minimum Gasteiger partial charge on any atom is -0.241 e. The van der Waals surface area contributed by atoms with Crippen LogP contribution in [0.4, 0.5) is 0 Å². The number of rotatable bonds is 3.